The minimum Gasteiger partial charge on any atom is -0.489 e. The van der Waals surface area contributed by atoms with E-state index in [9.17, 15) is 4.39 Å². The highest BCUT2D eigenvalue weighted by Crippen LogP contribution is 2.27. The maximum atomic E-state index is 12.1. The summed E-state index contributed by atoms with van der Waals surface area (Å²) in [4.78, 5) is 2.27. The molecule has 0 aromatic heterocycles. The molecule has 1 aliphatic heterocycles. The van der Waals surface area contributed by atoms with Gasteiger partial charge in [0.1, 0.15) is 19.0 Å². The van der Waals surface area contributed by atoms with Crippen LogP contribution in [0.15, 0.2) is 24.3 Å². The highest BCUT2D eigenvalue weighted by molar-refractivity contribution is 5.58. The molecule has 1 heterocycles. The Bertz CT molecular complexity index is 327. The average molecular weight is 224 g/mol. The number of piperazine rings is 1. The molecule has 0 radical (unpaired) electrons. The maximum Gasteiger partial charge on any atom is 0.142 e. The molecule has 1 aromatic rings. The first-order chi connectivity index (χ1) is 7.92. The fourth-order valence-electron chi connectivity index (χ4n) is 1.89. The Balaban J connectivity index is 2.11. The van der Waals surface area contributed by atoms with Crippen molar-refractivity contribution >= 4 is 5.69 Å². The minimum absolute atomic E-state index is 0.128. The lowest BCUT2D eigenvalue weighted by molar-refractivity contribution is 0.273. The highest BCUT2D eigenvalue weighted by atomic mass is 19.1. The third-order valence-electron chi connectivity index (χ3n) is 2.66. The number of alkyl halides is 1. The molecule has 3 nitrogen and oxygen atoms in total. The fraction of sp³-hybridized carbons (Fsp3) is 0.500. The second kappa shape index (κ2) is 5.70. The van der Waals surface area contributed by atoms with E-state index in [2.05, 4.69) is 10.2 Å². The summed E-state index contributed by atoms with van der Waals surface area (Å²) in [5, 5.41) is 3.30. The van der Waals surface area contributed by atoms with Crippen molar-refractivity contribution < 1.29 is 9.13 Å². The first-order valence-electron chi connectivity index (χ1n) is 5.65. The third-order valence-corrected chi connectivity index (χ3v) is 2.66. The molecule has 1 fully saturated rings. The first kappa shape index (κ1) is 11.2. The van der Waals surface area contributed by atoms with E-state index in [1.54, 1.807) is 0 Å². The molecule has 0 unspecified atom stereocenters. The molecule has 1 N–H and O–H groups in total. The molecule has 4 heteroatoms. The maximum absolute atomic E-state index is 12.1. The zero-order valence-corrected chi connectivity index (χ0v) is 9.29. The van der Waals surface area contributed by atoms with Gasteiger partial charge >= 0.3 is 0 Å². The predicted octanol–water partition coefficient (Wildman–Crippen LogP) is 1.44. The van der Waals surface area contributed by atoms with Gasteiger partial charge in [-0.25, -0.2) is 4.39 Å². The van der Waals surface area contributed by atoms with Crippen molar-refractivity contribution in [3.63, 3.8) is 0 Å². The van der Waals surface area contributed by atoms with Crippen LogP contribution in [-0.4, -0.2) is 39.5 Å². The van der Waals surface area contributed by atoms with Crippen LogP contribution in [0.3, 0.4) is 0 Å². The van der Waals surface area contributed by atoms with Crippen molar-refractivity contribution in [2.45, 2.75) is 0 Å². The second-order valence-electron chi connectivity index (χ2n) is 3.74. The molecule has 88 valence electrons. The van der Waals surface area contributed by atoms with E-state index >= 15 is 0 Å². The zero-order chi connectivity index (χ0) is 11.2. The van der Waals surface area contributed by atoms with Crippen LogP contribution in [0.1, 0.15) is 0 Å². The Hall–Kier alpha value is -1.29. The van der Waals surface area contributed by atoms with E-state index in [1.165, 1.54) is 0 Å². The minimum atomic E-state index is -0.449. The number of ether oxygens (including phenoxy) is 1. The van der Waals surface area contributed by atoms with Gasteiger partial charge in [-0.2, -0.15) is 0 Å². The molecular weight excluding hydrogens is 207 g/mol. The quantitative estimate of drug-likeness (QED) is 0.837. The van der Waals surface area contributed by atoms with Gasteiger partial charge in [0.2, 0.25) is 0 Å². The van der Waals surface area contributed by atoms with Crippen LogP contribution in [0.25, 0.3) is 0 Å². The van der Waals surface area contributed by atoms with Crippen LogP contribution in [0, 0.1) is 0 Å². The molecule has 2 rings (SSSR count). The predicted molar refractivity (Wildman–Crippen MR) is 63.0 cm³/mol. The molecule has 1 saturated heterocycles. The van der Waals surface area contributed by atoms with Crippen molar-refractivity contribution in [1.82, 2.24) is 5.32 Å². The van der Waals surface area contributed by atoms with Crippen molar-refractivity contribution in [3.05, 3.63) is 24.3 Å². The third kappa shape index (κ3) is 2.64. The standard InChI is InChI=1S/C12H17FN2O/c13-5-10-16-12-4-2-1-3-11(12)15-8-6-14-7-9-15/h1-4,14H,5-10H2. The van der Waals surface area contributed by atoms with Gasteiger partial charge in [0.15, 0.2) is 0 Å². The summed E-state index contributed by atoms with van der Waals surface area (Å²) in [6, 6.07) is 7.82. The Kier molecular flexibility index (Phi) is 3.99. The molecule has 0 bridgehead atoms. The van der Waals surface area contributed by atoms with Crippen LogP contribution < -0.4 is 15.0 Å². The zero-order valence-electron chi connectivity index (χ0n) is 9.29. The lowest BCUT2D eigenvalue weighted by Gasteiger charge is -2.30. The Labute approximate surface area is 95.2 Å². The van der Waals surface area contributed by atoms with E-state index in [0.717, 1.165) is 37.6 Å². The van der Waals surface area contributed by atoms with Crippen molar-refractivity contribution in [2.24, 2.45) is 0 Å². The fourth-order valence-corrected chi connectivity index (χ4v) is 1.89. The summed E-state index contributed by atoms with van der Waals surface area (Å²) < 4.78 is 17.5. The van der Waals surface area contributed by atoms with Crippen molar-refractivity contribution in [2.75, 3.05) is 44.4 Å². The van der Waals surface area contributed by atoms with Gasteiger partial charge < -0.3 is 15.0 Å². The highest BCUT2D eigenvalue weighted by Gasteiger charge is 2.14. The summed E-state index contributed by atoms with van der Waals surface area (Å²) in [6.45, 7) is 3.58. The van der Waals surface area contributed by atoms with E-state index in [0.29, 0.717) is 0 Å². The van der Waals surface area contributed by atoms with Crippen molar-refractivity contribution in [1.29, 1.82) is 0 Å². The largest absolute Gasteiger partial charge is 0.489 e. The molecule has 0 atom stereocenters. The number of hydrogen-bond donors (Lipinski definition) is 1. The lowest BCUT2D eigenvalue weighted by Crippen LogP contribution is -2.43. The topological polar surface area (TPSA) is 24.5 Å². The summed E-state index contributed by atoms with van der Waals surface area (Å²) in [7, 11) is 0. The van der Waals surface area contributed by atoms with Gasteiger partial charge in [-0.15, -0.1) is 0 Å². The number of hydrogen-bond acceptors (Lipinski definition) is 3. The number of para-hydroxylation sites is 2. The summed E-state index contributed by atoms with van der Waals surface area (Å²) >= 11 is 0. The second-order valence-corrected chi connectivity index (χ2v) is 3.74. The lowest BCUT2D eigenvalue weighted by atomic mass is 10.2. The summed E-state index contributed by atoms with van der Waals surface area (Å²) in [5.74, 6) is 0.780. The van der Waals surface area contributed by atoms with Gasteiger partial charge in [0, 0.05) is 26.2 Å². The van der Waals surface area contributed by atoms with Crippen molar-refractivity contribution in [3.8, 4) is 5.75 Å². The molecule has 0 amide bonds. The Morgan fingerprint density at radius 2 is 2.00 bits per heavy atom. The summed E-state index contributed by atoms with van der Waals surface area (Å²) in [6.07, 6.45) is 0. The van der Waals surface area contributed by atoms with Gasteiger partial charge in [-0.3, -0.25) is 0 Å². The Morgan fingerprint density at radius 3 is 2.75 bits per heavy atom. The number of nitrogens with one attached hydrogen (secondary N) is 1. The summed E-state index contributed by atoms with van der Waals surface area (Å²) in [5.41, 5.74) is 1.07. The van der Waals surface area contributed by atoms with Crippen LogP contribution in [0.4, 0.5) is 10.1 Å². The number of halogens is 1. The molecular formula is C12H17FN2O. The number of nitrogens with zero attached hydrogens (tertiary/aromatic N) is 1. The monoisotopic (exact) mass is 224 g/mol. The number of rotatable bonds is 4. The molecule has 1 aromatic carbocycles. The first-order valence-corrected chi connectivity index (χ1v) is 5.65. The normalized spacial score (nSPS) is 16.2. The van der Waals surface area contributed by atoms with Gasteiger partial charge in [0.05, 0.1) is 5.69 Å². The van der Waals surface area contributed by atoms with E-state index in [-0.39, 0.29) is 6.61 Å². The van der Waals surface area contributed by atoms with Crippen LogP contribution in [-0.2, 0) is 0 Å². The molecule has 0 spiro atoms. The molecule has 1 aliphatic rings. The van der Waals surface area contributed by atoms with Gasteiger partial charge in [-0.1, -0.05) is 12.1 Å². The van der Waals surface area contributed by atoms with E-state index in [4.69, 9.17) is 4.74 Å². The SMILES string of the molecule is FCCOc1ccccc1N1CCNCC1. The van der Waals surface area contributed by atoms with Gasteiger partial charge in [0.25, 0.3) is 0 Å². The number of benzene rings is 1. The van der Waals surface area contributed by atoms with Crippen LogP contribution in [0.2, 0.25) is 0 Å². The molecule has 0 aliphatic carbocycles. The molecule has 16 heavy (non-hydrogen) atoms. The van der Waals surface area contributed by atoms with E-state index < -0.39 is 6.67 Å². The van der Waals surface area contributed by atoms with Crippen LogP contribution >= 0.6 is 0 Å². The smallest absolute Gasteiger partial charge is 0.142 e. The Morgan fingerprint density at radius 1 is 1.25 bits per heavy atom. The average Bonchev–Trinajstić information content (AvgIpc) is 2.38. The van der Waals surface area contributed by atoms with E-state index in [1.807, 2.05) is 24.3 Å². The van der Waals surface area contributed by atoms with Gasteiger partial charge in [-0.05, 0) is 12.1 Å². The number of anilines is 1. The van der Waals surface area contributed by atoms with Crippen LogP contribution in [0.5, 0.6) is 5.75 Å². The molecule has 0 saturated carbocycles.